The maximum absolute atomic E-state index is 11.9. The van der Waals surface area contributed by atoms with Crippen molar-refractivity contribution in [2.45, 2.75) is 53.1 Å². The minimum atomic E-state index is -0.731. The zero-order valence-corrected chi connectivity index (χ0v) is 14.9. The van der Waals surface area contributed by atoms with Crippen molar-refractivity contribution in [2.24, 2.45) is 11.8 Å². The monoisotopic (exact) mass is 344 g/mol. The largest absolute Gasteiger partial charge is 0.507 e. The predicted octanol–water partition coefficient (Wildman–Crippen LogP) is 3.67. The van der Waals surface area contributed by atoms with Crippen LogP contribution in [0.15, 0.2) is 11.6 Å². The quantitative estimate of drug-likeness (QED) is 0.643. The first kappa shape index (κ1) is 17.5. The first-order chi connectivity index (χ1) is 11.8. The lowest BCUT2D eigenvalue weighted by Gasteiger charge is -2.18. The fourth-order valence-electron chi connectivity index (χ4n) is 4.19. The number of hydrogen-bond acceptors (Lipinski definition) is 4. The van der Waals surface area contributed by atoms with Gasteiger partial charge < -0.3 is 14.9 Å². The average Bonchev–Trinajstić information content (AvgIpc) is 3.19. The van der Waals surface area contributed by atoms with E-state index in [-0.39, 0.29) is 29.8 Å². The van der Waals surface area contributed by atoms with Gasteiger partial charge in [-0.15, -0.1) is 0 Å². The lowest BCUT2D eigenvalue weighted by molar-refractivity contribution is -0.142. The number of carboxylic acids is 1. The summed E-state index contributed by atoms with van der Waals surface area (Å²) in [5.74, 6) is -1.46. The molecule has 5 heteroatoms. The van der Waals surface area contributed by atoms with Gasteiger partial charge in [-0.1, -0.05) is 18.1 Å². The van der Waals surface area contributed by atoms with Gasteiger partial charge in [-0.2, -0.15) is 0 Å². The molecule has 0 saturated heterocycles. The molecule has 0 radical (unpaired) electrons. The second kappa shape index (κ2) is 6.54. The third-order valence-corrected chi connectivity index (χ3v) is 5.89. The van der Waals surface area contributed by atoms with E-state index in [4.69, 9.17) is 4.74 Å². The highest BCUT2D eigenvalue weighted by molar-refractivity contribution is 5.97. The van der Waals surface area contributed by atoms with E-state index in [1.165, 1.54) is 0 Å². The molecule has 1 aromatic carbocycles. The highest BCUT2D eigenvalue weighted by Gasteiger charge is 2.34. The summed E-state index contributed by atoms with van der Waals surface area (Å²) in [4.78, 5) is 23.3. The Morgan fingerprint density at radius 3 is 2.60 bits per heavy atom. The number of phenols is 1. The van der Waals surface area contributed by atoms with Crippen molar-refractivity contribution >= 4 is 11.9 Å². The summed E-state index contributed by atoms with van der Waals surface area (Å²) < 4.78 is 5.06. The SMILES string of the molecule is CC(=CCc1c(C)c(C)c2c(c1O)C(=O)OC2)C1CCCC1C(=O)O. The van der Waals surface area contributed by atoms with Crippen LogP contribution in [0.3, 0.4) is 0 Å². The number of cyclic esters (lactones) is 1. The number of phenolic OH excluding ortho intramolecular Hbond substituents is 1. The molecule has 1 heterocycles. The number of benzene rings is 1. The van der Waals surface area contributed by atoms with E-state index < -0.39 is 11.9 Å². The van der Waals surface area contributed by atoms with Crippen LogP contribution in [0.4, 0.5) is 0 Å². The number of carbonyl (C=O) groups is 2. The van der Waals surface area contributed by atoms with Crippen molar-refractivity contribution < 1.29 is 24.5 Å². The normalized spacial score (nSPS) is 22.8. The molecular formula is C20H24O5. The molecule has 2 N–H and O–H groups in total. The van der Waals surface area contributed by atoms with Gasteiger partial charge >= 0.3 is 11.9 Å². The first-order valence-electron chi connectivity index (χ1n) is 8.73. The molecule has 25 heavy (non-hydrogen) atoms. The lowest BCUT2D eigenvalue weighted by Crippen LogP contribution is -2.19. The highest BCUT2D eigenvalue weighted by atomic mass is 16.5. The van der Waals surface area contributed by atoms with E-state index in [0.29, 0.717) is 6.42 Å². The van der Waals surface area contributed by atoms with Gasteiger partial charge in [0, 0.05) is 11.1 Å². The van der Waals surface area contributed by atoms with Crippen molar-refractivity contribution in [3.05, 3.63) is 39.5 Å². The van der Waals surface area contributed by atoms with Gasteiger partial charge in [-0.3, -0.25) is 4.79 Å². The number of hydrogen-bond donors (Lipinski definition) is 2. The molecule has 134 valence electrons. The molecular weight excluding hydrogens is 320 g/mol. The zero-order chi connectivity index (χ0) is 18.3. The van der Waals surface area contributed by atoms with Crippen LogP contribution < -0.4 is 0 Å². The number of carboxylic acid groups (broad SMARTS) is 1. The number of aliphatic carboxylic acids is 1. The lowest BCUT2D eigenvalue weighted by atomic mass is 9.87. The van der Waals surface area contributed by atoms with Crippen molar-refractivity contribution in [3.63, 3.8) is 0 Å². The van der Waals surface area contributed by atoms with Crippen LogP contribution in [0.25, 0.3) is 0 Å². The number of ether oxygens (including phenoxy) is 1. The maximum Gasteiger partial charge on any atom is 0.342 e. The summed E-state index contributed by atoms with van der Waals surface area (Å²) >= 11 is 0. The smallest absolute Gasteiger partial charge is 0.342 e. The van der Waals surface area contributed by atoms with Gasteiger partial charge in [0.15, 0.2) is 0 Å². The maximum atomic E-state index is 11.9. The molecule has 0 spiro atoms. The van der Waals surface area contributed by atoms with Crippen LogP contribution in [0.5, 0.6) is 5.75 Å². The summed E-state index contributed by atoms with van der Waals surface area (Å²) in [6.07, 6.45) is 5.02. The minimum Gasteiger partial charge on any atom is -0.507 e. The Labute approximate surface area is 147 Å². The Balaban J connectivity index is 1.91. The Kier molecular flexibility index (Phi) is 4.58. The topological polar surface area (TPSA) is 83.8 Å². The van der Waals surface area contributed by atoms with Crippen LogP contribution in [-0.4, -0.2) is 22.2 Å². The predicted molar refractivity (Wildman–Crippen MR) is 92.6 cm³/mol. The summed E-state index contributed by atoms with van der Waals surface area (Å²) in [6.45, 7) is 6.05. The Morgan fingerprint density at radius 1 is 1.24 bits per heavy atom. The third-order valence-electron chi connectivity index (χ3n) is 5.89. The van der Waals surface area contributed by atoms with E-state index in [1.807, 2.05) is 26.8 Å². The van der Waals surface area contributed by atoms with Crippen molar-refractivity contribution in [2.75, 3.05) is 0 Å². The minimum absolute atomic E-state index is 0.00542. The molecule has 5 nitrogen and oxygen atoms in total. The van der Waals surface area contributed by atoms with Crippen molar-refractivity contribution in [3.8, 4) is 5.75 Å². The molecule has 1 fully saturated rings. The van der Waals surface area contributed by atoms with Crippen LogP contribution in [0, 0.1) is 25.7 Å². The van der Waals surface area contributed by atoms with Gasteiger partial charge in [0.25, 0.3) is 0 Å². The molecule has 2 aliphatic rings. The van der Waals surface area contributed by atoms with Crippen LogP contribution >= 0.6 is 0 Å². The van der Waals surface area contributed by atoms with Crippen molar-refractivity contribution in [1.82, 2.24) is 0 Å². The highest BCUT2D eigenvalue weighted by Crippen LogP contribution is 2.39. The molecule has 0 amide bonds. The zero-order valence-electron chi connectivity index (χ0n) is 14.9. The molecule has 1 aromatic rings. The second-order valence-corrected chi connectivity index (χ2v) is 7.14. The number of allylic oxidation sites excluding steroid dienone is 2. The summed E-state index contributed by atoms with van der Waals surface area (Å²) in [5, 5.41) is 19.9. The van der Waals surface area contributed by atoms with E-state index in [9.17, 15) is 19.8 Å². The van der Waals surface area contributed by atoms with Gasteiger partial charge in [0.05, 0.1) is 5.92 Å². The van der Waals surface area contributed by atoms with E-state index >= 15 is 0 Å². The Bertz CT molecular complexity index is 775. The van der Waals surface area contributed by atoms with Gasteiger partial charge in [0.2, 0.25) is 0 Å². The standard InChI is InChI=1S/C20H24O5/c1-10(13-5-4-6-15(13)19(22)23)7-8-14-11(2)12(3)16-9-25-20(24)17(16)18(14)21/h7,13,15,21H,4-6,8-9H2,1-3H3,(H,22,23). The molecule has 1 aliphatic heterocycles. The molecule has 0 bridgehead atoms. The van der Waals surface area contributed by atoms with Gasteiger partial charge in [-0.05, 0) is 57.1 Å². The fourth-order valence-corrected chi connectivity index (χ4v) is 4.19. The summed E-state index contributed by atoms with van der Waals surface area (Å²) in [5.41, 5.74) is 4.76. The molecule has 1 saturated carbocycles. The summed E-state index contributed by atoms with van der Waals surface area (Å²) in [7, 11) is 0. The van der Waals surface area contributed by atoms with E-state index in [0.717, 1.165) is 47.1 Å². The molecule has 2 atom stereocenters. The second-order valence-electron chi connectivity index (χ2n) is 7.14. The summed E-state index contributed by atoms with van der Waals surface area (Å²) in [6, 6.07) is 0. The molecule has 0 aromatic heterocycles. The molecule has 3 rings (SSSR count). The first-order valence-corrected chi connectivity index (χ1v) is 8.73. The Morgan fingerprint density at radius 2 is 1.92 bits per heavy atom. The number of carbonyl (C=O) groups excluding carboxylic acids is 1. The van der Waals surface area contributed by atoms with E-state index in [2.05, 4.69) is 0 Å². The van der Waals surface area contributed by atoms with E-state index in [1.54, 1.807) is 0 Å². The van der Waals surface area contributed by atoms with Gasteiger partial charge in [-0.25, -0.2) is 4.79 Å². The van der Waals surface area contributed by atoms with Crippen LogP contribution in [0.2, 0.25) is 0 Å². The van der Waals surface area contributed by atoms with Crippen molar-refractivity contribution in [1.29, 1.82) is 0 Å². The van der Waals surface area contributed by atoms with Gasteiger partial charge in [0.1, 0.15) is 17.9 Å². The molecule has 2 unspecified atom stereocenters. The fraction of sp³-hybridized carbons (Fsp3) is 0.500. The number of rotatable bonds is 4. The number of aromatic hydroxyl groups is 1. The molecule has 1 aliphatic carbocycles. The Hall–Kier alpha value is -2.30. The average molecular weight is 344 g/mol. The number of esters is 1. The number of fused-ring (bicyclic) bond motifs is 1. The third kappa shape index (κ3) is 2.92. The van der Waals surface area contributed by atoms with Crippen LogP contribution in [0.1, 0.15) is 58.8 Å². The van der Waals surface area contributed by atoms with Crippen LogP contribution in [-0.2, 0) is 22.6 Å².